The molecule has 3 heterocycles. The van der Waals surface area contributed by atoms with Gasteiger partial charge in [0, 0.05) is 22.5 Å². The number of aryl methyl sites for hydroxylation is 1. The minimum absolute atomic E-state index is 0.0554. The molecule has 2 aliphatic rings. The largest absolute Gasteiger partial charge is 0.351 e. The zero-order valence-corrected chi connectivity index (χ0v) is 21.5. The molecule has 1 aliphatic heterocycles. The molecular formula is C27H32ClN3O2S. The first-order valence-electron chi connectivity index (χ1n) is 12.4. The van der Waals surface area contributed by atoms with Crippen LogP contribution in [0.1, 0.15) is 73.3 Å². The normalized spacial score (nSPS) is 21.5. The Morgan fingerprint density at radius 1 is 1.15 bits per heavy atom. The Hall–Kier alpha value is -2.31. The van der Waals surface area contributed by atoms with Crippen molar-refractivity contribution in [3.05, 3.63) is 57.6 Å². The molecule has 7 heteroatoms. The van der Waals surface area contributed by atoms with Gasteiger partial charge in [-0.1, -0.05) is 56.3 Å². The van der Waals surface area contributed by atoms with Crippen LogP contribution in [0.15, 0.2) is 36.4 Å². The quantitative estimate of drug-likeness (QED) is 0.428. The number of hydrogen-bond donors (Lipinski definition) is 1. The number of fused-ring (bicyclic) bond motifs is 3. The molecule has 1 atom stereocenters. The zero-order chi connectivity index (χ0) is 23.9. The van der Waals surface area contributed by atoms with Gasteiger partial charge in [-0.15, -0.1) is 11.3 Å². The van der Waals surface area contributed by atoms with Crippen LogP contribution in [0.25, 0.3) is 10.2 Å². The summed E-state index contributed by atoms with van der Waals surface area (Å²) >= 11 is 7.82. The van der Waals surface area contributed by atoms with Gasteiger partial charge in [-0.25, -0.2) is 0 Å². The molecule has 1 fully saturated rings. The fourth-order valence-corrected chi connectivity index (χ4v) is 6.52. The van der Waals surface area contributed by atoms with Gasteiger partial charge >= 0.3 is 0 Å². The van der Waals surface area contributed by atoms with E-state index in [0.29, 0.717) is 23.8 Å². The van der Waals surface area contributed by atoms with E-state index >= 15 is 0 Å². The summed E-state index contributed by atoms with van der Waals surface area (Å²) in [6, 6.07) is 11.9. The van der Waals surface area contributed by atoms with E-state index in [2.05, 4.69) is 22.9 Å². The summed E-state index contributed by atoms with van der Waals surface area (Å²) < 4.78 is 3.18. The number of hydrogen-bond acceptors (Lipinski definition) is 3. The maximum atomic E-state index is 13.9. The average molecular weight is 498 g/mol. The molecule has 0 radical (unpaired) electrons. The van der Waals surface area contributed by atoms with Crippen LogP contribution < -0.4 is 5.32 Å². The number of thiophene rings is 1. The van der Waals surface area contributed by atoms with Gasteiger partial charge in [-0.3, -0.25) is 9.59 Å². The van der Waals surface area contributed by atoms with Crippen LogP contribution in [0.3, 0.4) is 0 Å². The monoisotopic (exact) mass is 497 g/mol. The maximum Gasteiger partial charge on any atom is 0.271 e. The molecule has 1 saturated carbocycles. The molecule has 5 nitrogen and oxygen atoms in total. The van der Waals surface area contributed by atoms with E-state index in [9.17, 15) is 9.59 Å². The van der Waals surface area contributed by atoms with E-state index in [-0.39, 0.29) is 17.9 Å². The number of carbonyl (C=O) groups excluding carboxylic acids is 2. The number of nitrogens with one attached hydrogen (secondary N) is 1. The summed E-state index contributed by atoms with van der Waals surface area (Å²) in [6.07, 6.45) is 7.73. The number of halogens is 1. The first-order chi connectivity index (χ1) is 16.4. The lowest BCUT2D eigenvalue weighted by atomic mass is 9.93. The van der Waals surface area contributed by atoms with Crippen LogP contribution in [0.5, 0.6) is 0 Å². The molecule has 1 aliphatic carbocycles. The summed E-state index contributed by atoms with van der Waals surface area (Å²) in [4.78, 5) is 30.8. The average Bonchev–Trinajstić information content (AvgIpc) is 3.26. The minimum atomic E-state index is -0.990. The molecule has 3 aromatic rings. The Bertz CT molecular complexity index is 1210. The van der Waals surface area contributed by atoms with Gasteiger partial charge in [0.15, 0.2) is 0 Å². The molecule has 2 aromatic heterocycles. The van der Waals surface area contributed by atoms with E-state index in [4.69, 9.17) is 11.6 Å². The van der Waals surface area contributed by atoms with Gasteiger partial charge in [-0.2, -0.15) is 0 Å². The van der Waals surface area contributed by atoms with Crippen molar-refractivity contribution in [3.63, 3.8) is 0 Å². The fourth-order valence-electron chi connectivity index (χ4n) is 5.35. The molecule has 0 unspecified atom stereocenters. The standard InChI is InChI=1S/C27H32ClN3O2S/c1-3-21-14-22-24(34-21)15-23-25(32)31(16-18-10-12-19(28)13-11-18)27(2,17-30(22)23)26(33)29-20-8-6-4-5-7-9-20/h10-15,20H,3-9,16-17H2,1-2H3,(H,29,33)/t27-/m1/s1. The number of benzene rings is 1. The second-order valence-electron chi connectivity index (χ2n) is 9.89. The molecule has 5 rings (SSSR count). The van der Waals surface area contributed by atoms with Gasteiger partial charge in [0.05, 0.1) is 16.8 Å². The third-order valence-corrected chi connectivity index (χ3v) is 8.92. The molecule has 1 N–H and O–H groups in total. The van der Waals surface area contributed by atoms with Crippen LogP contribution in [0.4, 0.5) is 0 Å². The van der Waals surface area contributed by atoms with Gasteiger partial charge in [0.1, 0.15) is 11.2 Å². The van der Waals surface area contributed by atoms with Crippen LogP contribution in [0.2, 0.25) is 5.02 Å². The van der Waals surface area contributed by atoms with E-state index in [1.54, 1.807) is 16.2 Å². The smallest absolute Gasteiger partial charge is 0.271 e. The van der Waals surface area contributed by atoms with E-state index in [1.807, 2.05) is 37.3 Å². The predicted molar refractivity (Wildman–Crippen MR) is 139 cm³/mol. The summed E-state index contributed by atoms with van der Waals surface area (Å²) in [7, 11) is 0. The molecule has 34 heavy (non-hydrogen) atoms. The second kappa shape index (κ2) is 9.38. The summed E-state index contributed by atoms with van der Waals surface area (Å²) in [5.41, 5.74) is 1.69. The van der Waals surface area contributed by atoms with E-state index < -0.39 is 5.54 Å². The highest BCUT2D eigenvalue weighted by molar-refractivity contribution is 7.19. The van der Waals surface area contributed by atoms with Crippen molar-refractivity contribution in [1.82, 2.24) is 14.8 Å². The number of rotatable bonds is 5. The third kappa shape index (κ3) is 4.27. The van der Waals surface area contributed by atoms with Crippen molar-refractivity contribution >= 4 is 45.0 Å². The topological polar surface area (TPSA) is 54.3 Å². The molecule has 2 amide bonds. The van der Waals surface area contributed by atoms with E-state index in [0.717, 1.165) is 47.9 Å². The molecule has 180 valence electrons. The molecule has 0 spiro atoms. The first kappa shape index (κ1) is 23.4. The van der Waals surface area contributed by atoms with Gasteiger partial charge in [-0.05, 0) is 56.0 Å². The molecule has 1 aromatic carbocycles. The second-order valence-corrected chi connectivity index (χ2v) is 11.5. The van der Waals surface area contributed by atoms with Crippen LogP contribution >= 0.6 is 22.9 Å². The Morgan fingerprint density at radius 3 is 2.53 bits per heavy atom. The number of amides is 2. The van der Waals surface area contributed by atoms with Crippen molar-refractivity contribution in [2.75, 3.05) is 0 Å². The van der Waals surface area contributed by atoms with Crippen molar-refractivity contribution in [2.45, 2.75) is 83.5 Å². The number of carbonyl (C=O) groups is 2. The van der Waals surface area contributed by atoms with Crippen LogP contribution in [0, 0.1) is 0 Å². The highest BCUT2D eigenvalue weighted by Gasteiger charge is 2.48. The van der Waals surface area contributed by atoms with Crippen LogP contribution in [-0.2, 0) is 24.3 Å². The lowest BCUT2D eigenvalue weighted by molar-refractivity contribution is -0.134. The van der Waals surface area contributed by atoms with Crippen molar-refractivity contribution < 1.29 is 9.59 Å². The highest BCUT2D eigenvalue weighted by atomic mass is 35.5. The molecule has 0 saturated heterocycles. The van der Waals surface area contributed by atoms with Crippen molar-refractivity contribution in [3.8, 4) is 0 Å². The maximum absolute atomic E-state index is 13.9. The Kier molecular flexibility index (Phi) is 6.47. The Labute approximate surface area is 210 Å². The number of nitrogens with zero attached hydrogens (tertiary/aromatic N) is 2. The SMILES string of the molecule is CCc1cc2c(cc3n2C[C@](C)(C(=O)NC2CCCCCC2)N(Cc2ccc(Cl)cc2)C3=O)s1. The van der Waals surface area contributed by atoms with Crippen LogP contribution in [-0.4, -0.2) is 32.9 Å². The Balaban J connectivity index is 1.52. The summed E-state index contributed by atoms with van der Waals surface area (Å²) in [6.45, 7) is 4.88. The fraction of sp³-hybridized carbons (Fsp3) is 0.481. The third-order valence-electron chi connectivity index (χ3n) is 7.45. The van der Waals surface area contributed by atoms with Gasteiger partial charge in [0.2, 0.25) is 5.91 Å². The van der Waals surface area contributed by atoms with Crippen molar-refractivity contribution in [2.24, 2.45) is 0 Å². The molecule has 0 bridgehead atoms. The number of aromatic nitrogens is 1. The highest BCUT2D eigenvalue weighted by Crippen LogP contribution is 2.37. The van der Waals surface area contributed by atoms with Gasteiger partial charge < -0.3 is 14.8 Å². The lowest BCUT2D eigenvalue weighted by Crippen LogP contribution is -2.64. The van der Waals surface area contributed by atoms with E-state index in [1.165, 1.54) is 17.7 Å². The van der Waals surface area contributed by atoms with Crippen molar-refractivity contribution in [1.29, 1.82) is 0 Å². The first-order valence-corrected chi connectivity index (χ1v) is 13.6. The predicted octanol–water partition coefficient (Wildman–Crippen LogP) is 6.17. The lowest BCUT2D eigenvalue weighted by Gasteiger charge is -2.44. The summed E-state index contributed by atoms with van der Waals surface area (Å²) in [5.74, 6) is -0.152. The summed E-state index contributed by atoms with van der Waals surface area (Å²) in [5, 5.41) is 3.99. The molecular weight excluding hydrogens is 466 g/mol. The Morgan fingerprint density at radius 2 is 1.85 bits per heavy atom. The van der Waals surface area contributed by atoms with Gasteiger partial charge in [0.25, 0.3) is 5.91 Å². The zero-order valence-electron chi connectivity index (χ0n) is 19.9. The minimum Gasteiger partial charge on any atom is -0.351 e.